The Hall–Kier alpha value is -4.44. The molecule has 0 spiro atoms. The molecule has 2 atom stereocenters. The van der Waals surface area contributed by atoms with Gasteiger partial charge < -0.3 is 34.5 Å². The number of aromatic nitrogens is 1. The van der Waals surface area contributed by atoms with Crippen molar-refractivity contribution in [3.63, 3.8) is 0 Å². The van der Waals surface area contributed by atoms with Crippen molar-refractivity contribution in [2.24, 2.45) is 0 Å². The van der Waals surface area contributed by atoms with Gasteiger partial charge in [0.25, 0.3) is 5.56 Å². The Morgan fingerprint density at radius 3 is 2.05 bits per heavy atom. The fraction of sp³-hybridized carbons (Fsp3) is 0.571. The van der Waals surface area contributed by atoms with Crippen LogP contribution in [0.1, 0.15) is 69.7 Å². The summed E-state index contributed by atoms with van der Waals surface area (Å²) in [5, 5.41) is 23.3. The summed E-state index contributed by atoms with van der Waals surface area (Å²) in [5.41, 5.74) is -5.11. The van der Waals surface area contributed by atoms with E-state index in [0.717, 1.165) is 26.8 Å². The molecule has 16 nitrogen and oxygen atoms in total. The highest BCUT2D eigenvalue weighted by Gasteiger charge is 2.39. The van der Waals surface area contributed by atoms with E-state index in [1.54, 1.807) is 0 Å². The number of fused-ring (bicyclic) bond motifs is 1. The molecule has 0 bridgehead atoms. The van der Waals surface area contributed by atoms with Crippen LogP contribution in [0.4, 0.5) is 0 Å². The first-order valence-electron chi connectivity index (χ1n) is 13.7. The Bertz CT molecular complexity index is 1350. The van der Waals surface area contributed by atoms with Crippen LogP contribution in [0.5, 0.6) is 5.88 Å². The van der Waals surface area contributed by atoms with E-state index in [1.165, 1.54) is 10.6 Å². The second kappa shape index (κ2) is 15.9. The SMILES string of the molecule is CC(=O)CC(O)(CC(=O)OCOC(=O)CC(O)(CC(=O)NCCCOC(=O)c1cc2n(c(=O)c1)CCCO2)C(C)=O)C(C)=O. The van der Waals surface area contributed by atoms with E-state index in [0.29, 0.717) is 19.6 Å². The lowest BCUT2D eigenvalue weighted by Crippen LogP contribution is -2.44. The van der Waals surface area contributed by atoms with Gasteiger partial charge in [0.2, 0.25) is 12.7 Å². The van der Waals surface area contributed by atoms with Crippen LogP contribution in [-0.4, -0.2) is 93.7 Å². The van der Waals surface area contributed by atoms with Gasteiger partial charge in [0.1, 0.15) is 17.0 Å². The fourth-order valence-electron chi connectivity index (χ4n) is 4.08. The number of ether oxygens (including phenoxy) is 4. The third kappa shape index (κ3) is 10.7. The van der Waals surface area contributed by atoms with Crippen LogP contribution in [0.25, 0.3) is 0 Å². The van der Waals surface area contributed by atoms with Gasteiger partial charge in [-0.25, -0.2) is 4.79 Å². The minimum Gasteiger partial charge on any atom is -0.479 e. The Morgan fingerprint density at radius 2 is 1.48 bits per heavy atom. The average molecular weight is 625 g/mol. The van der Waals surface area contributed by atoms with Crippen molar-refractivity contribution in [1.29, 1.82) is 0 Å². The monoisotopic (exact) mass is 624 g/mol. The maximum absolute atomic E-state index is 12.3. The summed E-state index contributed by atoms with van der Waals surface area (Å²) in [4.78, 5) is 95.8. The number of pyridine rings is 1. The molecule has 1 aromatic rings. The first-order chi connectivity index (χ1) is 20.6. The number of esters is 3. The van der Waals surface area contributed by atoms with Gasteiger partial charge >= 0.3 is 17.9 Å². The van der Waals surface area contributed by atoms with Crippen molar-refractivity contribution in [3.05, 3.63) is 28.0 Å². The lowest BCUT2D eigenvalue weighted by molar-refractivity contribution is -0.175. The molecule has 0 fully saturated rings. The summed E-state index contributed by atoms with van der Waals surface area (Å²) < 4.78 is 21.2. The highest BCUT2D eigenvalue weighted by atomic mass is 16.7. The third-order valence-corrected chi connectivity index (χ3v) is 6.60. The molecular weight excluding hydrogens is 588 g/mol. The van der Waals surface area contributed by atoms with Gasteiger partial charge in [-0.2, -0.15) is 0 Å². The molecule has 2 heterocycles. The number of hydrogen-bond donors (Lipinski definition) is 3. The van der Waals surface area contributed by atoms with Crippen LogP contribution in [0.3, 0.4) is 0 Å². The first kappa shape index (κ1) is 35.8. The molecule has 1 aliphatic rings. The molecule has 0 aromatic carbocycles. The van der Waals surface area contributed by atoms with Crippen molar-refractivity contribution in [1.82, 2.24) is 9.88 Å². The van der Waals surface area contributed by atoms with Gasteiger partial charge in [0, 0.05) is 31.6 Å². The molecule has 2 rings (SSSR count). The zero-order valence-electron chi connectivity index (χ0n) is 24.7. The summed E-state index contributed by atoms with van der Waals surface area (Å²) in [6.07, 6.45) is -2.45. The lowest BCUT2D eigenvalue weighted by atomic mass is 9.90. The number of aliphatic hydroxyl groups is 2. The average Bonchev–Trinajstić information content (AvgIpc) is 2.91. The van der Waals surface area contributed by atoms with Gasteiger partial charge in [0.05, 0.1) is 38.0 Å². The van der Waals surface area contributed by atoms with Crippen LogP contribution in [0.15, 0.2) is 16.9 Å². The van der Waals surface area contributed by atoms with Gasteiger partial charge in [0.15, 0.2) is 17.4 Å². The molecule has 44 heavy (non-hydrogen) atoms. The number of Topliss-reactive ketones (excluding diaryl/α,β-unsaturated/α-hetero) is 3. The van der Waals surface area contributed by atoms with Crippen LogP contribution >= 0.6 is 0 Å². The van der Waals surface area contributed by atoms with E-state index in [1.807, 2.05) is 0 Å². The topological polar surface area (TPSA) is 231 Å². The molecule has 1 aliphatic heterocycles. The van der Waals surface area contributed by atoms with Gasteiger partial charge in [-0.3, -0.25) is 38.1 Å². The quantitative estimate of drug-likeness (QED) is 0.109. The van der Waals surface area contributed by atoms with E-state index >= 15 is 0 Å². The minimum absolute atomic E-state index is 0.0194. The molecule has 1 aromatic heterocycles. The molecule has 0 saturated carbocycles. The van der Waals surface area contributed by atoms with E-state index < -0.39 is 90.4 Å². The fourth-order valence-corrected chi connectivity index (χ4v) is 4.08. The normalized spacial score (nSPS) is 14.8. The predicted octanol–water partition coefficient (Wildman–Crippen LogP) is -0.873. The summed E-state index contributed by atoms with van der Waals surface area (Å²) in [5.74, 6) is -5.96. The number of nitrogens with zero attached hydrogens (tertiary/aromatic N) is 1. The Kier molecular flexibility index (Phi) is 12.9. The predicted molar refractivity (Wildman–Crippen MR) is 146 cm³/mol. The summed E-state index contributed by atoms with van der Waals surface area (Å²) in [6, 6.07) is 2.55. The molecular formula is C28H36N2O14. The highest BCUT2D eigenvalue weighted by molar-refractivity contribution is 5.95. The molecule has 0 radical (unpaired) electrons. The number of nitrogens with one attached hydrogen (secondary N) is 1. The first-order valence-corrected chi connectivity index (χ1v) is 13.7. The maximum atomic E-state index is 12.3. The molecule has 242 valence electrons. The van der Waals surface area contributed by atoms with Crippen molar-refractivity contribution in [2.45, 2.75) is 77.0 Å². The Balaban J connectivity index is 1.76. The summed E-state index contributed by atoms with van der Waals surface area (Å²) in [7, 11) is 0. The molecule has 0 saturated heterocycles. The second-order valence-electron chi connectivity index (χ2n) is 10.3. The second-order valence-corrected chi connectivity index (χ2v) is 10.3. The third-order valence-electron chi connectivity index (χ3n) is 6.60. The molecule has 0 aliphatic carbocycles. The maximum Gasteiger partial charge on any atom is 0.338 e. The van der Waals surface area contributed by atoms with Crippen molar-refractivity contribution >= 4 is 41.2 Å². The molecule has 3 N–H and O–H groups in total. The van der Waals surface area contributed by atoms with Gasteiger partial charge in [-0.15, -0.1) is 0 Å². The van der Waals surface area contributed by atoms with E-state index in [4.69, 9.17) is 9.47 Å². The van der Waals surface area contributed by atoms with Crippen molar-refractivity contribution in [2.75, 3.05) is 26.6 Å². The Morgan fingerprint density at radius 1 is 0.886 bits per heavy atom. The summed E-state index contributed by atoms with van der Waals surface area (Å²) >= 11 is 0. The van der Waals surface area contributed by atoms with Crippen LogP contribution in [0.2, 0.25) is 0 Å². The van der Waals surface area contributed by atoms with Crippen LogP contribution < -0.4 is 15.6 Å². The number of ketones is 3. The van der Waals surface area contributed by atoms with Gasteiger partial charge in [-0.05, 0) is 33.6 Å². The molecule has 1 amide bonds. The lowest BCUT2D eigenvalue weighted by Gasteiger charge is -2.24. The number of rotatable bonds is 17. The van der Waals surface area contributed by atoms with E-state index in [9.17, 15) is 48.6 Å². The summed E-state index contributed by atoms with van der Waals surface area (Å²) in [6.45, 7) is 2.83. The minimum atomic E-state index is -2.45. The Labute approximate surface area is 251 Å². The van der Waals surface area contributed by atoms with E-state index in [2.05, 4.69) is 14.8 Å². The van der Waals surface area contributed by atoms with Crippen LogP contribution in [-0.2, 0) is 49.5 Å². The zero-order chi connectivity index (χ0) is 33.1. The largest absolute Gasteiger partial charge is 0.479 e. The molecule has 16 heteroatoms. The van der Waals surface area contributed by atoms with E-state index in [-0.39, 0.29) is 31.0 Å². The smallest absolute Gasteiger partial charge is 0.338 e. The number of carbonyl (C=O) groups excluding carboxylic acids is 7. The highest BCUT2D eigenvalue weighted by Crippen LogP contribution is 2.20. The zero-order valence-corrected chi connectivity index (χ0v) is 24.7. The number of hydrogen-bond acceptors (Lipinski definition) is 14. The number of carbonyl (C=O) groups is 7. The van der Waals surface area contributed by atoms with Crippen molar-refractivity contribution < 1.29 is 62.7 Å². The van der Waals surface area contributed by atoms with Crippen molar-refractivity contribution in [3.8, 4) is 5.88 Å². The number of amides is 1. The van der Waals surface area contributed by atoms with Gasteiger partial charge in [-0.1, -0.05) is 0 Å². The molecule has 2 unspecified atom stereocenters. The standard InChI is InChI=1S/C28H36N2O14/c1-17(31)12-27(39,18(2)32)14-24(36)43-16-44-25(37)15-28(40,19(3)33)13-21(34)29-6-4-8-42-26(38)20-10-22(35)30-7-5-9-41-23(30)11-20/h10-11,39-40H,4-9,12-16H2,1-3H3,(H,29,34). The van der Waals surface area contributed by atoms with Crippen LogP contribution in [0, 0.1) is 0 Å².